The van der Waals surface area contributed by atoms with Crippen molar-refractivity contribution in [2.45, 2.75) is 27.2 Å². The van der Waals surface area contributed by atoms with Crippen molar-refractivity contribution in [1.82, 2.24) is 10.3 Å². The summed E-state index contributed by atoms with van der Waals surface area (Å²) in [6, 6.07) is 9.86. The van der Waals surface area contributed by atoms with Gasteiger partial charge in [-0.3, -0.25) is 9.98 Å². The van der Waals surface area contributed by atoms with E-state index in [-0.39, 0.29) is 24.0 Å². The van der Waals surface area contributed by atoms with Crippen LogP contribution in [-0.2, 0) is 6.42 Å². The summed E-state index contributed by atoms with van der Waals surface area (Å²) in [7, 11) is 1.64. The Labute approximate surface area is 178 Å². The van der Waals surface area contributed by atoms with Crippen molar-refractivity contribution in [2.75, 3.05) is 32.1 Å². The Bertz CT molecular complexity index is 720. The number of pyridine rings is 1. The van der Waals surface area contributed by atoms with E-state index >= 15 is 0 Å². The fourth-order valence-electron chi connectivity index (χ4n) is 2.41. The number of aryl methyl sites for hydroxylation is 1. The molecule has 7 heteroatoms. The molecule has 148 valence electrons. The van der Waals surface area contributed by atoms with Crippen LogP contribution in [0.5, 0.6) is 11.5 Å². The highest BCUT2D eigenvalue weighted by atomic mass is 127. The predicted octanol–water partition coefficient (Wildman–Crippen LogP) is 4.04. The molecular formula is C20H29IN4O2. The first-order chi connectivity index (χ1) is 12.7. The number of anilines is 1. The van der Waals surface area contributed by atoms with Crippen molar-refractivity contribution in [3.05, 3.63) is 47.8 Å². The zero-order valence-electron chi connectivity index (χ0n) is 16.4. The number of aromatic nitrogens is 1. The highest BCUT2D eigenvalue weighted by Gasteiger charge is 2.07. The molecule has 0 fully saturated rings. The zero-order chi connectivity index (χ0) is 18.8. The first-order valence-electron chi connectivity index (χ1n) is 8.94. The molecule has 6 nitrogen and oxygen atoms in total. The Kier molecular flexibility index (Phi) is 10.5. The molecule has 0 aliphatic rings. The van der Waals surface area contributed by atoms with Crippen LogP contribution < -0.4 is 20.1 Å². The van der Waals surface area contributed by atoms with E-state index in [4.69, 9.17) is 9.47 Å². The summed E-state index contributed by atoms with van der Waals surface area (Å²) < 4.78 is 10.9. The van der Waals surface area contributed by atoms with Gasteiger partial charge in [-0.1, -0.05) is 6.07 Å². The van der Waals surface area contributed by atoms with Crippen LogP contribution in [0.4, 0.5) is 5.69 Å². The van der Waals surface area contributed by atoms with E-state index in [9.17, 15) is 0 Å². The third kappa shape index (κ3) is 7.62. The van der Waals surface area contributed by atoms with Gasteiger partial charge in [0.1, 0.15) is 0 Å². The molecule has 1 heterocycles. The van der Waals surface area contributed by atoms with Gasteiger partial charge in [-0.05, 0) is 51.0 Å². The van der Waals surface area contributed by atoms with Crippen molar-refractivity contribution in [3.8, 4) is 11.5 Å². The summed E-state index contributed by atoms with van der Waals surface area (Å²) in [5, 5.41) is 6.56. The van der Waals surface area contributed by atoms with Gasteiger partial charge in [0, 0.05) is 36.7 Å². The number of methoxy groups -OCH3 is 1. The Morgan fingerprint density at radius 2 is 1.96 bits per heavy atom. The summed E-state index contributed by atoms with van der Waals surface area (Å²) in [6.07, 6.45) is 2.75. The summed E-state index contributed by atoms with van der Waals surface area (Å²) >= 11 is 0. The summed E-state index contributed by atoms with van der Waals surface area (Å²) in [6.45, 7) is 8.03. The molecule has 2 rings (SSSR count). The summed E-state index contributed by atoms with van der Waals surface area (Å²) in [5.74, 6) is 2.16. The van der Waals surface area contributed by atoms with Crippen LogP contribution in [0, 0.1) is 6.92 Å². The lowest BCUT2D eigenvalue weighted by Crippen LogP contribution is -2.30. The highest BCUT2D eigenvalue weighted by molar-refractivity contribution is 14.0. The SMILES string of the molecule is CCNC(=NCCc1ccc(C)nc1)Nc1ccc(OCC)c(OC)c1.I. The fourth-order valence-corrected chi connectivity index (χ4v) is 2.41. The second-order valence-electron chi connectivity index (χ2n) is 5.74. The minimum Gasteiger partial charge on any atom is -0.493 e. The van der Waals surface area contributed by atoms with E-state index in [1.54, 1.807) is 7.11 Å². The Morgan fingerprint density at radius 3 is 2.59 bits per heavy atom. The second kappa shape index (κ2) is 12.4. The predicted molar refractivity (Wildman–Crippen MR) is 122 cm³/mol. The van der Waals surface area contributed by atoms with E-state index in [2.05, 4.69) is 26.7 Å². The van der Waals surface area contributed by atoms with Gasteiger partial charge in [0.25, 0.3) is 0 Å². The van der Waals surface area contributed by atoms with Crippen LogP contribution >= 0.6 is 24.0 Å². The average Bonchev–Trinajstić information content (AvgIpc) is 2.65. The molecule has 0 amide bonds. The molecule has 0 saturated carbocycles. The lowest BCUT2D eigenvalue weighted by Gasteiger charge is -2.14. The molecule has 2 N–H and O–H groups in total. The molecule has 27 heavy (non-hydrogen) atoms. The highest BCUT2D eigenvalue weighted by Crippen LogP contribution is 2.30. The molecule has 0 unspecified atom stereocenters. The van der Waals surface area contributed by atoms with E-state index < -0.39 is 0 Å². The molecule has 0 atom stereocenters. The lowest BCUT2D eigenvalue weighted by molar-refractivity contribution is 0.311. The average molecular weight is 484 g/mol. The molecule has 0 bridgehead atoms. The number of hydrogen-bond donors (Lipinski definition) is 2. The van der Waals surface area contributed by atoms with E-state index in [1.807, 2.05) is 51.2 Å². The lowest BCUT2D eigenvalue weighted by atomic mass is 10.2. The number of ether oxygens (including phenoxy) is 2. The number of rotatable bonds is 8. The maximum atomic E-state index is 5.55. The topological polar surface area (TPSA) is 67.8 Å². The zero-order valence-corrected chi connectivity index (χ0v) is 18.7. The van der Waals surface area contributed by atoms with Gasteiger partial charge in [0.15, 0.2) is 17.5 Å². The Balaban J connectivity index is 0.00000364. The van der Waals surface area contributed by atoms with Crippen LogP contribution in [0.2, 0.25) is 0 Å². The summed E-state index contributed by atoms with van der Waals surface area (Å²) in [4.78, 5) is 8.95. The molecule has 0 radical (unpaired) electrons. The quantitative estimate of drug-likeness (QED) is 0.337. The van der Waals surface area contributed by atoms with Gasteiger partial charge in [-0.15, -0.1) is 24.0 Å². The second-order valence-corrected chi connectivity index (χ2v) is 5.74. The molecular weight excluding hydrogens is 455 g/mol. The molecule has 1 aromatic heterocycles. The van der Waals surface area contributed by atoms with E-state index in [0.29, 0.717) is 18.9 Å². The Morgan fingerprint density at radius 1 is 1.15 bits per heavy atom. The maximum absolute atomic E-state index is 5.55. The number of nitrogens with zero attached hydrogens (tertiary/aromatic N) is 2. The number of hydrogen-bond acceptors (Lipinski definition) is 4. The van der Waals surface area contributed by atoms with Crippen molar-refractivity contribution in [1.29, 1.82) is 0 Å². The number of halogens is 1. The van der Waals surface area contributed by atoms with Crippen molar-refractivity contribution in [2.24, 2.45) is 4.99 Å². The first-order valence-corrected chi connectivity index (χ1v) is 8.94. The molecule has 2 aromatic rings. The van der Waals surface area contributed by atoms with Crippen LogP contribution in [0.3, 0.4) is 0 Å². The fraction of sp³-hybridized carbons (Fsp3) is 0.400. The Hall–Kier alpha value is -2.03. The molecule has 0 aliphatic carbocycles. The number of benzene rings is 1. The minimum absolute atomic E-state index is 0. The largest absolute Gasteiger partial charge is 0.493 e. The summed E-state index contributed by atoms with van der Waals surface area (Å²) in [5.41, 5.74) is 3.09. The van der Waals surface area contributed by atoms with Crippen molar-refractivity contribution >= 4 is 35.6 Å². The number of guanidine groups is 1. The van der Waals surface area contributed by atoms with Gasteiger partial charge in [0.2, 0.25) is 0 Å². The van der Waals surface area contributed by atoms with Crippen molar-refractivity contribution in [3.63, 3.8) is 0 Å². The van der Waals surface area contributed by atoms with E-state index in [1.165, 1.54) is 5.56 Å². The minimum atomic E-state index is 0. The normalized spacial score (nSPS) is 10.7. The monoisotopic (exact) mass is 484 g/mol. The first kappa shape index (κ1) is 23.0. The van der Waals surface area contributed by atoms with Crippen molar-refractivity contribution < 1.29 is 9.47 Å². The van der Waals surface area contributed by atoms with Crippen LogP contribution in [0.25, 0.3) is 0 Å². The molecule has 0 spiro atoms. The van der Waals surface area contributed by atoms with Gasteiger partial charge in [-0.25, -0.2) is 0 Å². The molecule has 1 aromatic carbocycles. The van der Waals surface area contributed by atoms with Gasteiger partial charge >= 0.3 is 0 Å². The van der Waals surface area contributed by atoms with Gasteiger partial charge in [0.05, 0.1) is 13.7 Å². The van der Waals surface area contributed by atoms with Crippen LogP contribution in [0.15, 0.2) is 41.5 Å². The smallest absolute Gasteiger partial charge is 0.195 e. The van der Waals surface area contributed by atoms with Gasteiger partial charge in [-0.2, -0.15) is 0 Å². The van der Waals surface area contributed by atoms with Crippen LogP contribution in [0.1, 0.15) is 25.1 Å². The van der Waals surface area contributed by atoms with Gasteiger partial charge < -0.3 is 20.1 Å². The van der Waals surface area contributed by atoms with E-state index in [0.717, 1.165) is 36.1 Å². The standard InChI is InChI=1S/C20H28N4O2.HI/c1-5-21-20(22-12-11-16-8-7-15(3)23-14-16)24-17-9-10-18(26-6-2)19(13-17)25-4;/h7-10,13-14H,5-6,11-12H2,1-4H3,(H2,21,22,24);1H. The third-order valence-corrected chi connectivity index (χ3v) is 3.71. The third-order valence-electron chi connectivity index (χ3n) is 3.71. The van der Waals surface area contributed by atoms with Crippen LogP contribution in [-0.4, -0.2) is 37.7 Å². The number of aliphatic imine (C=N–C) groups is 1. The molecule has 0 aliphatic heterocycles. The maximum Gasteiger partial charge on any atom is 0.195 e. The molecule has 0 saturated heterocycles. The number of nitrogens with one attached hydrogen (secondary N) is 2.